The second-order valence-corrected chi connectivity index (χ2v) is 5.96. The van der Waals surface area contributed by atoms with Crippen molar-refractivity contribution >= 4 is 17.2 Å². The number of benzene rings is 1. The SMILES string of the molecule is CC[C@@H](C(=O)OC)N1c2ccc(F)cc2C(C)=CC1(C)C. The number of methoxy groups -OCH3 is 1. The molecule has 2 rings (SSSR count). The highest BCUT2D eigenvalue weighted by molar-refractivity contribution is 5.87. The number of rotatable bonds is 3. The van der Waals surface area contributed by atoms with E-state index in [1.165, 1.54) is 19.2 Å². The largest absolute Gasteiger partial charge is 0.467 e. The van der Waals surface area contributed by atoms with Crippen LogP contribution in [0.4, 0.5) is 10.1 Å². The molecule has 4 heteroatoms. The molecule has 0 unspecified atom stereocenters. The topological polar surface area (TPSA) is 29.5 Å². The number of hydrogen-bond donors (Lipinski definition) is 0. The van der Waals surface area contributed by atoms with Crippen molar-refractivity contribution in [3.05, 3.63) is 35.7 Å². The summed E-state index contributed by atoms with van der Waals surface area (Å²) in [6, 6.07) is 4.31. The highest BCUT2D eigenvalue weighted by Crippen LogP contribution is 2.41. The fourth-order valence-corrected chi connectivity index (χ4v) is 3.18. The molecule has 0 bridgehead atoms. The number of allylic oxidation sites excluding steroid dienone is 1. The molecule has 0 spiro atoms. The summed E-state index contributed by atoms with van der Waals surface area (Å²) in [5.41, 5.74) is 2.38. The first-order valence-electron chi connectivity index (χ1n) is 7.18. The van der Waals surface area contributed by atoms with E-state index in [1.807, 2.05) is 32.6 Å². The number of esters is 1. The molecule has 0 fully saturated rings. The smallest absolute Gasteiger partial charge is 0.328 e. The molecule has 0 amide bonds. The summed E-state index contributed by atoms with van der Waals surface area (Å²) in [6.07, 6.45) is 2.69. The minimum atomic E-state index is -0.390. The fraction of sp³-hybridized carbons (Fsp3) is 0.471. The Bertz CT molecular complexity index is 592. The highest BCUT2D eigenvalue weighted by Gasteiger charge is 2.39. The van der Waals surface area contributed by atoms with Gasteiger partial charge in [-0.1, -0.05) is 13.0 Å². The number of anilines is 1. The van der Waals surface area contributed by atoms with Gasteiger partial charge in [-0.25, -0.2) is 9.18 Å². The summed E-state index contributed by atoms with van der Waals surface area (Å²) in [6.45, 7) is 8.02. The summed E-state index contributed by atoms with van der Waals surface area (Å²) < 4.78 is 18.5. The summed E-state index contributed by atoms with van der Waals surface area (Å²) in [7, 11) is 1.40. The Hall–Kier alpha value is -1.84. The van der Waals surface area contributed by atoms with Crippen LogP contribution in [0.1, 0.15) is 39.7 Å². The highest BCUT2D eigenvalue weighted by atomic mass is 19.1. The van der Waals surface area contributed by atoms with E-state index < -0.39 is 6.04 Å². The minimum absolute atomic E-state index is 0.270. The average molecular weight is 291 g/mol. The van der Waals surface area contributed by atoms with Crippen molar-refractivity contribution < 1.29 is 13.9 Å². The molecule has 0 saturated heterocycles. The van der Waals surface area contributed by atoms with Gasteiger partial charge >= 0.3 is 5.97 Å². The first kappa shape index (κ1) is 15.5. The zero-order valence-electron chi connectivity index (χ0n) is 13.2. The van der Waals surface area contributed by atoms with E-state index in [1.54, 1.807) is 6.07 Å². The van der Waals surface area contributed by atoms with Crippen LogP contribution in [0.5, 0.6) is 0 Å². The van der Waals surface area contributed by atoms with E-state index in [-0.39, 0.29) is 17.3 Å². The Balaban J connectivity index is 2.62. The van der Waals surface area contributed by atoms with Crippen LogP contribution in [0, 0.1) is 5.82 Å². The third-order valence-electron chi connectivity index (χ3n) is 4.01. The number of fused-ring (bicyclic) bond motifs is 1. The van der Waals surface area contributed by atoms with E-state index in [0.29, 0.717) is 6.42 Å². The molecule has 3 nitrogen and oxygen atoms in total. The van der Waals surface area contributed by atoms with Gasteiger partial charge in [0.15, 0.2) is 0 Å². The Morgan fingerprint density at radius 2 is 2.10 bits per heavy atom. The molecule has 114 valence electrons. The van der Waals surface area contributed by atoms with Crippen molar-refractivity contribution in [3.8, 4) is 0 Å². The van der Waals surface area contributed by atoms with E-state index in [2.05, 4.69) is 6.08 Å². The van der Waals surface area contributed by atoms with Crippen molar-refractivity contribution in [1.82, 2.24) is 0 Å². The number of ether oxygens (including phenoxy) is 1. The molecule has 0 saturated carbocycles. The predicted molar refractivity (Wildman–Crippen MR) is 82.7 cm³/mol. The number of halogens is 1. The van der Waals surface area contributed by atoms with E-state index in [0.717, 1.165) is 16.8 Å². The number of carbonyl (C=O) groups is 1. The predicted octanol–water partition coefficient (Wildman–Crippen LogP) is 3.78. The van der Waals surface area contributed by atoms with Gasteiger partial charge in [0.25, 0.3) is 0 Å². The minimum Gasteiger partial charge on any atom is -0.467 e. The maximum atomic E-state index is 13.6. The lowest BCUT2D eigenvalue weighted by molar-refractivity contribution is -0.142. The Morgan fingerprint density at radius 3 is 2.67 bits per heavy atom. The van der Waals surface area contributed by atoms with Crippen LogP contribution in [0.3, 0.4) is 0 Å². The number of carbonyl (C=O) groups excluding carboxylic acids is 1. The van der Waals surface area contributed by atoms with Crippen LogP contribution < -0.4 is 4.90 Å². The molecule has 1 aromatic carbocycles. The second kappa shape index (κ2) is 5.51. The van der Waals surface area contributed by atoms with Gasteiger partial charge in [-0.3, -0.25) is 0 Å². The number of nitrogens with zero attached hydrogens (tertiary/aromatic N) is 1. The lowest BCUT2D eigenvalue weighted by Crippen LogP contribution is -2.54. The molecule has 1 aliphatic heterocycles. The normalized spacial score (nSPS) is 17.8. The van der Waals surface area contributed by atoms with Gasteiger partial charge in [0.05, 0.1) is 12.6 Å². The third kappa shape index (κ3) is 2.67. The summed E-state index contributed by atoms with van der Waals surface area (Å²) in [4.78, 5) is 14.2. The molecule has 1 aliphatic rings. The first-order chi connectivity index (χ1) is 9.81. The van der Waals surface area contributed by atoms with Gasteiger partial charge < -0.3 is 9.64 Å². The second-order valence-electron chi connectivity index (χ2n) is 5.96. The molecule has 21 heavy (non-hydrogen) atoms. The summed E-state index contributed by atoms with van der Waals surface area (Å²) >= 11 is 0. The van der Waals surface area contributed by atoms with Gasteiger partial charge in [0, 0.05) is 11.3 Å². The molecular weight excluding hydrogens is 269 g/mol. The Kier molecular flexibility index (Phi) is 4.08. The molecule has 1 aromatic rings. The molecular formula is C17H22FNO2. The molecule has 1 atom stereocenters. The molecule has 1 heterocycles. The van der Waals surface area contributed by atoms with E-state index >= 15 is 0 Å². The van der Waals surface area contributed by atoms with Crippen LogP contribution in [0.2, 0.25) is 0 Å². The maximum Gasteiger partial charge on any atom is 0.328 e. The average Bonchev–Trinajstić information content (AvgIpc) is 2.42. The molecule has 0 aliphatic carbocycles. The first-order valence-corrected chi connectivity index (χ1v) is 7.18. The van der Waals surface area contributed by atoms with Crippen LogP contribution in [0.15, 0.2) is 24.3 Å². The Labute approximate surface area is 125 Å². The third-order valence-corrected chi connectivity index (χ3v) is 4.01. The number of hydrogen-bond acceptors (Lipinski definition) is 3. The summed E-state index contributed by atoms with van der Waals surface area (Å²) in [5, 5.41) is 0. The van der Waals surface area contributed by atoms with Crippen LogP contribution >= 0.6 is 0 Å². The van der Waals surface area contributed by atoms with E-state index in [4.69, 9.17) is 4.74 Å². The molecule has 0 aromatic heterocycles. The van der Waals surface area contributed by atoms with Gasteiger partial charge in [-0.15, -0.1) is 0 Å². The summed E-state index contributed by atoms with van der Waals surface area (Å²) in [5.74, 6) is -0.541. The maximum absolute atomic E-state index is 13.6. The van der Waals surface area contributed by atoms with E-state index in [9.17, 15) is 9.18 Å². The molecule has 0 radical (unpaired) electrons. The quantitative estimate of drug-likeness (QED) is 0.794. The van der Waals surface area contributed by atoms with Gasteiger partial charge in [0.1, 0.15) is 11.9 Å². The van der Waals surface area contributed by atoms with Gasteiger partial charge in [-0.05, 0) is 51.0 Å². The molecule has 0 N–H and O–H groups in total. The van der Waals surface area contributed by atoms with Crippen molar-refractivity contribution in [3.63, 3.8) is 0 Å². The van der Waals surface area contributed by atoms with Crippen molar-refractivity contribution in [2.75, 3.05) is 12.0 Å². The van der Waals surface area contributed by atoms with Crippen LogP contribution in [-0.4, -0.2) is 24.7 Å². The lowest BCUT2D eigenvalue weighted by Gasteiger charge is -2.46. The van der Waals surface area contributed by atoms with Crippen molar-refractivity contribution in [1.29, 1.82) is 0 Å². The zero-order valence-corrected chi connectivity index (χ0v) is 13.2. The zero-order chi connectivity index (χ0) is 15.8. The lowest BCUT2D eigenvalue weighted by atomic mass is 9.87. The fourth-order valence-electron chi connectivity index (χ4n) is 3.18. The van der Waals surface area contributed by atoms with Crippen molar-refractivity contribution in [2.24, 2.45) is 0 Å². The van der Waals surface area contributed by atoms with Crippen LogP contribution in [0.25, 0.3) is 5.57 Å². The van der Waals surface area contributed by atoms with Gasteiger partial charge in [0.2, 0.25) is 0 Å². The van der Waals surface area contributed by atoms with Crippen LogP contribution in [-0.2, 0) is 9.53 Å². The standard InChI is InChI=1S/C17H22FNO2/c1-6-14(16(20)21-5)19-15-8-7-12(18)9-13(15)11(2)10-17(19,3)4/h7-10,14H,6H2,1-5H3/t14-/m0/s1. The van der Waals surface area contributed by atoms with Crippen molar-refractivity contribution in [2.45, 2.75) is 45.7 Å². The Morgan fingerprint density at radius 1 is 1.43 bits per heavy atom. The monoisotopic (exact) mass is 291 g/mol. The van der Waals surface area contributed by atoms with Gasteiger partial charge in [-0.2, -0.15) is 0 Å².